The summed E-state index contributed by atoms with van der Waals surface area (Å²) in [5.74, 6) is 1.97. The molecule has 1 saturated carbocycles. The lowest BCUT2D eigenvalue weighted by molar-refractivity contribution is 0.122. The van der Waals surface area contributed by atoms with Crippen LogP contribution in [0.1, 0.15) is 25.3 Å². The Morgan fingerprint density at radius 2 is 1.86 bits per heavy atom. The highest BCUT2D eigenvalue weighted by atomic mass is 16.5. The standard InChI is InChI=1S/C17H27N3O/c1-2-21-17-6-5-16(18)11-15(17)13-20-9-7-19(8-10-20)12-14-3-4-14/h5-6,11,14H,2-4,7-10,12-13,18H2,1H3. The van der Waals surface area contributed by atoms with Gasteiger partial charge in [-0.1, -0.05) is 0 Å². The molecule has 1 saturated heterocycles. The minimum Gasteiger partial charge on any atom is -0.494 e. The predicted molar refractivity (Wildman–Crippen MR) is 86.5 cm³/mol. The number of rotatable bonds is 6. The maximum Gasteiger partial charge on any atom is 0.123 e. The fraction of sp³-hybridized carbons (Fsp3) is 0.647. The van der Waals surface area contributed by atoms with E-state index in [9.17, 15) is 0 Å². The molecule has 0 bridgehead atoms. The van der Waals surface area contributed by atoms with Gasteiger partial charge < -0.3 is 15.4 Å². The molecular formula is C17H27N3O. The number of nitrogens with two attached hydrogens (primary N) is 1. The molecule has 2 aliphatic rings. The van der Waals surface area contributed by atoms with Crippen molar-refractivity contribution in [2.75, 3.05) is 45.1 Å². The number of anilines is 1. The van der Waals surface area contributed by atoms with Crippen LogP contribution in [0, 0.1) is 5.92 Å². The molecule has 3 rings (SSSR count). The third kappa shape index (κ3) is 4.11. The zero-order valence-electron chi connectivity index (χ0n) is 13.1. The topological polar surface area (TPSA) is 41.7 Å². The molecule has 0 aromatic heterocycles. The van der Waals surface area contributed by atoms with E-state index in [2.05, 4.69) is 15.9 Å². The van der Waals surface area contributed by atoms with Crippen molar-refractivity contribution in [1.29, 1.82) is 0 Å². The van der Waals surface area contributed by atoms with E-state index >= 15 is 0 Å². The van der Waals surface area contributed by atoms with Gasteiger partial charge in [0.15, 0.2) is 0 Å². The van der Waals surface area contributed by atoms with Gasteiger partial charge in [-0.2, -0.15) is 0 Å². The van der Waals surface area contributed by atoms with Gasteiger partial charge in [0, 0.05) is 50.5 Å². The van der Waals surface area contributed by atoms with E-state index < -0.39 is 0 Å². The van der Waals surface area contributed by atoms with E-state index in [0.717, 1.165) is 37.0 Å². The van der Waals surface area contributed by atoms with Crippen LogP contribution in [0.3, 0.4) is 0 Å². The van der Waals surface area contributed by atoms with Crippen LogP contribution in [0.2, 0.25) is 0 Å². The van der Waals surface area contributed by atoms with Gasteiger partial charge >= 0.3 is 0 Å². The van der Waals surface area contributed by atoms with Gasteiger partial charge in [0.25, 0.3) is 0 Å². The molecule has 1 aliphatic heterocycles. The van der Waals surface area contributed by atoms with Crippen molar-refractivity contribution in [2.45, 2.75) is 26.3 Å². The van der Waals surface area contributed by atoms with Crippen LogP contribution in [0.25, 0.3) is 0 Å². The monoisotopic (exact) mass is 289 g/mol. The molecule has 4 nitrogen and oxygen atoms in total. The molecule has 2 fully saturated rings. The van der Waals surface area contributed by atoms with E-state index in [0.29, 0.717) is 6.61 Å². The average Bonchev–Trinajstić information content (AvgIpc) is 3.28. The van der Waals surface area contributed by atoms with Crippen molar-refractivity contribution in [2.24, 2.45) is 5.92 Å². The molecule has 1 heterocycles. The highest BCUT2D eigenvalue weighted by molar-refractivity contribution is 5.47. The Morgan fingerprint density at radius 1 is 1.14 bits per heavy atom. The largest absolute Gasteiger partial charge is 0.494 e. The van der Waals surface area contributed by atoms with E-state index in [1.54, 1.807) is 0 Å². The van der Waals surface area contributed by atoms with Crippen LogP contribution in [0.4, 0.5) is 5.69 Å². The zero-order chi connectivity index (χ0) is 14.7. The SMILES string of the molecule is CCOc1ccc(N)cc1CN1CCN(CC2CC2)CC1. The molecule has 0 unspecified atom stereocenters. The quantitative estimate of drug-likeness (QED) is 0.815. The van der Waals surface area contributed by atoms with Gasteiger partial charge in [-0.15, -0.1) is 0 Å². The van der Waals surface area contributed by atoms with Crippen molar-refractivity contribution in [3.05, 3.63) is 23.8 Å². The number of ether oxygens (including phenoxy) is 1. The summed E-state index contributed by atoms with van der Waals surface area (Å²) in [6.07, 6.45) is 2.89. The Hall–Kier alpha value is -1.26. The minimum absolute atomic E-state index is 0.700. The smallest absolute Gasteiger partial charge is 0.123 e. The number of nitrogens with zero attached hydrogens (tertiary/aromatic N) is 2. The number of benzene rings is 1. The highest BCUT2D eigenvalue weighted by Gasteiger charge is 2.26. The van der Waals surface area contributed by atoms with E-state index in [4.69, 9.17) is 10.5 Å². The van der Waals surface area contributed by atoms with Crippen molar-refractivity contribution >= 4 is 5.69 Å². The van der Waals surface area contributed by atoms with Gasteiger partial charge in [-0.25, -0.2) is 0 Å². The van der Waals surface area contributed by atoms with E-state index in [1.807, 2.05) is 19.1 Å². The Kier molecular flexibility index (Phi) is 4.66. The summed E-state index contributed by atoms with van der Waals surface area (Å²) in [4.78, 5) is 5.14. The van der Waals surface area contributed by atoms with Crippen molar-refractivity contribution < 1.29 is 4.74 Å². The first-order chi connectivity index (χ1) is 10.2. The Labute approximate surface area is 127 Å². The molecule has 0 radical (unpaired) electrons. The molecule has 21 heavy (non-hydrogen) atoms. The van der Waals surface area contributed by atoms with Crippen LogP contribution in [-0.2, 0) is 6.54 Å². The van der Waals surface area contributed by atoms with Gasteiger partial charge in [-0.3, -0.25) is 4.90 Å². The number of hydrogen-bond acceptors (Lipinski definition) is 4. The summed E-state index contributed by atoms with van der Waals surface area (Å²) in [5.41, 5.74) is 7.97. The summed E-state index contributed by atoms with van der Waals surface area (Å²) in [6.45, 7) is 9.67. The lowest BCUT2D eigenvalue weighted by atomic mass is 10.1. The van der Waals surface area contributed by atoms with E-state index in [1.165, 1.54) is 38.0 Å². The van der Waals surface area contributed by atoms with Crippen LogP contribution in [-0.4, -0.2) is 49.1 Å². The molecule has 2 N–H and O–H groups in total. The second-order valence-corrected chi connectivity index (χ2v) is 6.32. The molecule has 0 spiro atoms. The first kappa shape index (κ1) is 14.7. The molecule has 0 atom stereocenters. The lowest BCUT2D eigenvalue weighted by Crippen LogP contribution is -2.46. The summed E-state index contributed by atoms with van der Waals surface area (Å²) < 4.78 is 5.72. The molecule has 1 aromatic carbocycles. The van der Waals surface area contributed by atoms with Crippen LogP contribution >= 0.6 is 0 Å². The lowest BCUT2D eigenvalue weighted by Gasteiger charge is -2.35. The zero-order valence-corrected chi connectivity index (χ0v) is 13.1. The van der Waals surface area contributed by atoms with Crippen LogP contribution in [0.5, 0.6) is 5.75 Å². The summed E-state index contributed by atoms with van der Waals surface area (Å²) in [5, 5.41) is 0. The third-order valence-corrected chi connectivity index (χ3v) is 4.46. The Balaban J connectivity index is 1.55. The maximum absolute atomic E-state index is 5.93. The van der Waals surface area contributed by atoms with Gasteiger partial charge in [0.2, 0.25) is 0 Å². The second kappa shape index (κ2) is 6.67. The number of hydrogen-bond donors (Lipinski definition) is 1. The first-order valence-electron chi connectivity index (χ1n) is 8.20. The molecule has 116 valence electrons. The van der Waals surface area contributed by atoms with Gasteiger partial charge in [-0.05, 0) is 43.9 Å². The second-order valence-electron chi connectivity index (χ2n) is 6.32. The molecule has 1 aromatic rings. The fourth-order valence-corrected chi connectivity index (χ4v) is 3.06. The molecule has 0 amide bonds. The van der Waals surface area contributed by atoms with Crippen molar-refractivity contribution in [3.8, 4) is 5.75 Å². The first-order valence-corrected chi connectivity index (χ1v) is 8.20. The summed E-state index contributed by atoms with van der Waals surface area (Å²) >= 11 is 0. The average molecular weight is 289 g/mol. The molecule has 4 heteroatoms. The maximum atomic E-state index is 5.93. The predicted octanol–water partition coefficient (Wildman–Crippen LogP) is 2.20. The van der Waals surface area contributed by atoms with Crippen LogP contribution in [0.15, 0.2) is 18.2 Å². The Morgan fingerprint density at radius 3 is 2.52 bits per heavy atom. The normalized spacial score (nSPS) is 20.6. The fourth-order valence-electron chi connectivity index (χ4n) is 3.06. The van der Waals surface area contributed by atoms with Gasteiger partial charge in [0.1, 0.15) is 5.75 Å². The molecule has 1 aliphatic carbocycles. The Bertz CT molecular complexity index is 465. The summed E-state index contributed by atoms with van der Waals surface area (Å²) in [6, 6.07) is 5.97. The van der Waals surface area contributed by atoms with E-state index in [-0.39, 0.29) is 0 Å². The molecular weight excluding hydrogens is 262 g/mol. The van der Waals surface area contributed by atoms with Gasteiger partial charge in [0.05, 0.1) is 6.61 Å². The number of nitrogen functional groups attached to an aromatic ring is 1. The third-order valence-electron chi connectivity index (χ3n) is 4.46. The highest BCUT2D eigenvalue weighted by Crippen LogP contribution is 2.30. The number of piperazine rings is 1. The summed E-state index contributed by atoms with van der Waals surface area (Å²) in [7, 11) is 0. The van der Waals surface area contributed by atoms with Crippen molar-refractivity contribution in [1.82, 2.24) is 9.80 Å². The van der Waals surface area contributed by atoms with Crippen molar-refractivity contribution in [3.63, 3.8) is 0 Å². The minimum atomic E-state index is 0.700. The van der Waals surface area contributed by atoms with Crippen LogP contribution < -0.4 is 10.5 Å².